The monoisotopic (exact) mass is 610 g/mol. The van der Waals surface area contributed by atoms with Crippen molar-refractivity contribution in [2.24, 2.45) is 17.4 Å². The van der Waals surface area contributed by atoms with Crippen LogP contribution >= 0.6 is 0 Å². The van der Waals surface area contributed by atoms with Gasteiger partial charge < -0.3 is 36.3 Å². The van der Waals surface area contributed by atoms with E-state index in [2.05, 4.69) is 5.32 Å². The lowest BCUT2D eigenvalue weighted by molar-refractivity contribution is -0.169. The average molecular weight is 611 g/mol. The number of nitrogens with two attached hydrogens (primary N) is 2. The van der Waals surface area contributed by atoms with Gasteiger partial charge in [0.2, 0.25) is 5.91 Å². The van der Waals surface area contributed by atoms with Gasteiger partial charge in [0.1, 0.15) is 30.4 Å². The lowest BCUT2D eigenvalue weighted by Crippen LogP contribution is -2.58. The molecule has 0 spiro atoms. The predicted molar refractivity (Wildman–Crippen MR) is 160 cm³/mol. The van der Waals surface area contributed by atoms with Gasteiger partial charge >= 0.3 is 12.1 Å². The molecule has 6 N–H and O–H groups in total. The van der Waals surface area contributed by atoms with Crippen LogP contribution in [0.1, 0.15) is 63.6 Å². The molecular weight excluding hydrogens is 568 g/mol. The highest BCUT2D eigenvalue weighted by Gasteiger charge is 2.45. The van der Waals surface area contributed by atoms with E-state index in [1.807, 2.05) is 0 Å². The molecule has 0 radical (unpaired) electrons. The van der Waals surface area contributed by atoms with E-state index < -0.39 is 71.8 Å². The minimum atomic E-state index is -2.03. The van der Waals surface area contributed by atoms with Crippen LogP contribution < -0.4 is 16.8 Å². The van der Waals surface area contributed by atoms with Crippen LogP contribution in [-0.4, -0.2) is 70.0 Å². The highest BCUT2D eigenvalue weighted by atomic mass is 16.6. The van der Waals surface area contributed by atoms with Crippen LogP contribution in [0.2, 0.25) is 0 Å². The van der Waals surface area contributed by atoms with Gasteiger partial charge in [-0.1, -0.05) is 60.7 Å². The van der Waals surface area contributed by atoms with Crippen molar-refractivity contribution in [1.82, 2.24) is 10.2 Å². The lowest BCUT2D eigenvalue weighted by atomic mass is 9.81. The van der Waals surface area contributed by atoms with Gasteiger partial charge in [-0.15, -0.1) is 0 Å². The Morgan fingerprint density at radius 2 is 1.61 bits per heavy atom. The second-order valence-corrected chi connectivity index (χ2v) is 11.8. The number of likely N-dealkylation sites (tertiary alicyclic amines) is 1. The van der Waals surface area contributed by atoms with E-state index in [0.717, 1.165) is 0 Å². The molecule has 0 bridgehead atoms. The van der Waals surface area contributed by atoms with Crippen LogP contribution in [0, 0.1) is 5.92 Å². The zero-order chi connectivity index (χ0) is 32.4. The molecule has 44 heavy (non-hydrogen) atoms. The fourth-order valence-corrected chi connectivity index (χ4v) is 5.11. The Kier molecular flexibility index (Phi) is 12.0. The average Bonchev–Trinajstić information content (AvgIpc) is 2.99. The zero-order valence-electron chi connectivity index (χ0n) is 25.3. The fraction of sp³-hybridized carbons (Fsp3) is 0.469. The Morgan fingerprint density at radius 1 is 1.00 bits per heavy atom. The van der Waals surface area contributed by atoms with Gasteiger partial charge in [0.15, 0.2) is 5.78 Å². The first kappa shape index (κ1) is 34.2. The molecule has 3 amide bonds. The number of ether oxygens (including phenoxy) is 2. The van der Waals surface area contributed by atoms with Gasteiger partial charge in [-0.3, -0.25) is 14.4 Å². The van der Waals surface area contributed by atoms with Crippen LogP contribution in [0.3, 0.4) is 0 Å². The fourth-order valence-electron chi connectivity index (χ4n) is 5.11. The summed E-state index contributed by atoms with van der Waals surface area (Å²) in [5.74, 6) is -4.97. The predicted octanol–water partition coefficient (Wildman–Crippen LogP) is 2.13. The number of carbonyl (C=O) groups excluding carboxylic acids is 5. The molecular formula is C32H42N4O8. The quantitative estimate of drug-likeness (QED) is 0.261. The van der Waals surface area contributed by atoms with E-state index in [1.54, 1.807) is 81.4 Å². The van der Waals surface area contributed by atoms with E-state index in [1.165, 1.54) is 4.90 Å². The molecule has 2 aromatic carbocycles. The Morgan fingerprint density at radius 3 is 2.20 bits per heavy atom. The third kappa shape index (κ3) is 9.61. The Bertz CT molecular complexity index is 1300. The molecule has 0 aliphatic carbocycles. The molecule has 0 saturated carbocycles. The Hall–Kier alpha value is -4.29. The van der Waals surface area contributed by atoms with Crippen molar-refractivity contribution in [3.05, 3.63) is 71.8 Å². The molecule has 12 nitrogen and oxygen atoms in total. The van der Waals surface area contributed by atoms with E-state index in [9.17, 15) is 29.1 Å². The molecule has 2 unspecified atom stereocenters. The number of piperidine rings is 1. The van der Waals surface area contributed by atoms with Crippen LogP contribution in [0.4, 0.5) is 4.79 Å². The standard InChI is InChI=1S/C32H42N4O8/c1-32(2,3)44-30(41)23-16-10-11-17-36(23)29(40)28(39)25(26(34)21-14-8-5-9-15-21)27(38)22(18-24(33)37)35-31(42)43-19-20-12-6-4-7-13-20/h4-9,12-15,22-23,25-26,28,39H,10-11,16-19,34H2,1-3H3,(H2,33,37)(H,35,42)/t22-,23-,25+,26?,28?/m0/s1. The number of nitrogens with one attached hydrogen (secondary N) is 1. The van der Waals surface area contributed by atoms with Crippen molar-refractivity contribution in [2.75, 3.05) is 6.54 Å². The smallest absolute Gasteiger partial charge is 0.408 e. The van der Waals surface area contributed by atoms with Crippen LogP contribution in [0.5, 0.6) is 0 Å². The number of Topliss-reactive ketones (excluding diaryl/α,β-unsaturated/α-hetero) is 1. The van der Waals surface area contributed by atoms with Gasteiger partial charge in [0.05, 0.1) is 12.3 Å². The molecule has 5 atom stereocenters. The molecule has 238 valence electrons. The minimum absolute atomic E-state index is 0.112. The number of amides is 3. The van der Waals surface area contributed by atoms with Gasteiger partial charge in [0.25, 0.3) is 5.91 Å². The second-order valence-electron chi connectivity index (χ2n) is 11.8. The summed E-state index contributed by atoms with van der Waals surface area (Å²) in [6, 6.07) is 13.4. The number of ketones is 1. The van der Waals surface area contributed by atoms with Gasteiger partial charge in [0, 0.05) is 12.6 Å². The summed E-state index contributed by atoms with van der Waals surface area (Å²) in [4.78, 5) is 66.8. The summed E-state index contributed by atoms with van der Waals surface area (Å²) in [5.41, 5.74) is 12.2. The van der Waals surface area contributed by atoms with Crippen molar-refractivity contribution in [1.29, 1.82) is 0 Å². The number of hydrogen-bond acceptors (Lipinski definition) is 9. The molecule has 12 heteroatoms. The summed E-state index contributed by atoms with van der Waals surface area (Å²) in [5, 5.41) is 13.9. The third-order valence-electron chi connectivity index (χ3n) is 7.21. The molecule has 2 aromatic rings. The van der Waals surface area contributed by atoms with Crippen LogP contribution in [0.25, 0.3) is 0 Å². The molecule has 1 aliphatic rings. The SMILES string of the molecule is CC(C)(C)OC(=O)[C@@H]1CCCCN1C(=O)C(O)[C@@H](C(=O)[C@H](CC(N)=O)NC(=O)OCc1ccccc1)C(N)c1ccccc1. The molecule has 1 saturated heterocycles. The number of carbonyl (C=O) groups is 5. The number of benzene rings is 2. The van der Waals surface area contributed by atoms with Gasteiger partial charge in [-0.2, -0.15) is 0 Å². The maximum atomic E-state index is 14.1. The number of hydrogen-bond donors (Lipinski definition) is 4. The normalized spacial score (nSPS) is 17.8. The Balaban J connectivity index is 1.91. The maximum Gasteiger partial charge on any atom is 0.408 e. The lowest BCUT2D eigenvalue weighted by Gasteiger charge is -2.38. The largest absolute Gasteiger partial charge is 0.458 e. The zero-order valence-corrected chi connectivity index (χ0v) is 25.3. The minimum Gasteiger partial charge on any atom is -0.458 e. The summed E-state index contributed by atoms with van der Waals surface area (Å²) in [6.45, 7) is 5.16. The highest BCUT2D eigenvalue weighted by Crippen LogP contribution is 2.29. The van der Waals surface area contributed by atoms with E-state index in [-0.39, 0.29) is 13.2 Å². The Labute approximate surface area is 257 Å². The van der Waals surface area contributed by atoms with E-state index in [4.69, 9.17) is 20.9 Å². The first-order valence-corrected chi connectivity index (χ1v) is 14.6. The molecule has 3 rings (SSSR count). The van der Waals surface area contributed by atoms with Crippen molar-refractivity contribution in [3.63, 3.8) is 0 Å². The first-order valence-electron chi connectivity index (χ1n) is 14.6. The topological polar surface area (TPSA) is 191 Å². The van der Waals surface area contributed by atoms with Crippen LogP contribution in [-0.2, 0) is 35.3 Å². The van der Waals surface area contributed by atoms with E-state index in [0.29, 0.717) is 30.4 Å². The van der Waals surface area contributed by atoms with Crippen molar-refractivity contribution in [2.45, 2.75) is 82.9 Å². The summed E-state index contributed by atoms with van der Waals surface area (Å²) in [6.07, 6.45) is -2.13. The van der Waals surface area contributed by atoms with Crippen molar-refractivity contribution in [3.8, 4) is 0 Å². The third-order valence-corrected chi connectivity index (χ3v) is 7.21. The number of aliphatic hydroxyl groups is 1. The summed E-state index contributed by atoms with van der Waals surface area (Å²) >= 11 is 0. The summed E-state index contributed by atoms with van der Waals surface area (Å²) < 4.78 is 10.7. The molecule has 0 aromatic heterocycles. The number of rotatable bonds is 12. The number of primary amides is 1. The van der Waals surface area contributed by atoms with Crippen molar-refractivity contribution < 1.29 is 38.6 Å². The molecule has 1 fully saturated rings. The maximum absolute atomic E-state index is 14.1. The number of nitrogens with zero attached hydrogens (tertiary/aromatic N) is 1. The summed E-state index contributed by atoms with van der Waals surface area (Å²) in [7, 11) is 0. The number of esters is 1. The van der Waals surface area contributed by atoms with Crippen molar-refractivity contribution >= 4 is 29.7 Å². The number of alkyl carbamates (subject to hydrolysis) is 1. The first-order chi connectivity index (χ1) is 20.8. The second kappa shape index (κ2) is 15.4. The number of aliphatic hydroxyl groups excluding tert-OH is 1. The van der Waals surface area contributed by atoms with Gasteiger partial charge in [-0.05, 0) is 51.2 Å². The molecule has 1 heterocycles. The van der Waals surface area contributed by atoms with Crippen LogP contribution in [0.15, 0.2) is 60.7 Å². The molecule has 1 aliphatic heterocycles. The van der Waals surface area contributed by atoms with Gasteiger partial charge in [-0.25, -0.2) is 9.59 Å². The highest BCUT2D eigenvalue weighted by molar-refractivity contribution is 5.98. The van der Waals surface area contributed by atoms with E-state index >= 15 is 0 Å².